The Labute approximate surface area is 187 Å². The monoisotopic (exact) mass is 500 g/mol. The second kappa shape index (κ2) is 12.0. The first-order valence-electron chi connectivity index (χ1n) is 10.4. The number of hydrogen-bond acceptors (Lipinski definition) is 3. The Morgan fingerprint density at radius 1 is 1.25 bits per heavy atom. The van der Waals surface area contributed by atoms with E-state index in [0.717, 1.165) is 51.3 Å². The van der Waals surface area contributed by atoms with Crippen LogP contribution < -0.4 is 5.32 Å². The van der Waals surface area contributed by atoms with Gasteiger partial charge in [-0.2, -0.15) is 0 Å². The number of nitrogens with one attached hydrogen (secondary N) is 1. The highest BCUT2D eigenvalue weighted by Gasteiger charge is 2.29. The van der Waals surface area contributed by atoms with Crippen LogP contribution in [0.2, 0.25) is 0 Å². The van der Waals surface area contributed by atoms with Crippen molar-refractivity contribution in [2.75, 3.05) is 46.9 Å². The molecule has 28 heavy (non-hydrogen) atoms. The first kappa shape index (κ1) is 23.4. The van der Waals surface area contributed by atoms with Gasteiger partial charge in [-0.15, -0.1) is 24.0 Å². The summed E-state index contributed by atoms with van der Waals surface area (Å²) >= 11 is 0. The van der Waals surface area contributed by atoms with Crippen molar-refractivity contribution in [1.29, 1.82) is 0 Å². The van der Waals surface area contributed by atoms with E-state index < -0.39 is 0 Å². The topological polar surface area (TPSA) is 40.1 Å². The maximum Gasteiger partial charge on any atom is 0.193 e. The number of ether oxygens (including phenoxy) is 1. The minimum atomic E-state index is 0. The number of guanidine groups is 1. The van der Waals surface area contributed by atoms with Crippen molar-refractivity contribution in [1.82, 2.24) is 15.1 Å². The minimum absolute atomic E-state index is 0. The molecule has 1 aliphatic heterocycles. The molecule has 1 aliphatic carbocycles. The molecule has 2 atom stereocenters. The fraction of sp³-hybridized carbons (Fsp3) is 0.682. The summed E-state index contributed by atoms with van der Waals surface area (Å²) in [4.78, 5) is 9.21. The number of hydrogen-bond donors (Lipinski definition) is 1. The van der Waals surface area contributed by atoms with Crippen molar-refractivity contribution in [3.63, 3.8) is 0 Å². The summed E-state index contributed by atoms with van der Waals surface area (Å²) in [7, 11) is 3.96. The summed E-state index contributed by atoms with van der Waals surface area (Å²) in [6, 6.07) is 11.4. The summed E-state index contributed by atoms with van der Waals surface area (Å²) in [5, 5.41) is 3.57. The number of benzene rings is 1. The van der Waals surface area contributed by atoms with Crippen LogP contribution in [0.15, 0.2) is 35.3 Å². The smallest absolute Gasteiger partial charge is 0.193 e. The third-order valence-corrected chi connectivity index (χ3v) is 5.76. The van der Waals surface area contributed by atoms with Crippen molar-refractivity contribution < 1.29 is 4.74 Å². The lowest BCUT2D eigenvalue weighted by atomic mass is 10.1. The summed E-state index contributed by atoms with van der Waals surface area (Å²) in [5.41, 5.74) is 1.40. The molecular formula is C22H37IN4O. The van der Waals surface area contributed by atoms with Gasteiger partial charge in [0, 0.05) is 52.9 Å². The SMILES string of the molecule is CN=C(NCC1CC(C)N(Cc2ccccc2)C1)N(C)CCOCC1CC1.I. The fourth-order valence-electron chi connectivity index (χ4n) is 3.87. The first-order chi connectivity index (χ1) is 13.2. The average Bonchev–Trinajstić information content (AvgIpc) is 3.44. The van der Waals surface area contributed by atoms with Crippen LogP contribution in [0.5, 0.6) is 0 Å². The van der Waals surface area contributed by atoms with Gasteiger partial charge in [0.2, 0.25) is 0 Å². The predicted octanol–water partition coefficient (Wildman–Crippen LogP) is 3.45. The molecule has 2 aliphatic rings. The van der Waals surface area contributed by atoms with Gasteiger partial charge in [-0.25, -0.2) is 0 Å². The van der Waals surface area contributed by atoms with Crippen LogP contribution in [0.3, 0.4) is 0 Å². The van der Waals surface area contributed by atoms with Gasteiger partial charge >= 0.3 is 0 Å². The molecular weight excluding hydrogens is 463 g/mol. The molecule has 0 amide bonds. The first-order valence-corrected chi connectivity index (χ1v) is 10.4. The number of nitrogens with zero attached hydrogens (tertiary/aromatic N) is 3. The largest absolute Gasteiger partial charge is 0.379 e. The van der Waals surface area contributed by atoms with Crippen molar-refractivity contribution in [2.24, 2.45) is 16.8 Å². The van der Waals surface area contributed by atoms with Gasteiger partial charge < -0.3 is 15.0 Å². The van der Waals surface area contributed by atoms with Crippen molar-refractivity contribution >= 4 is 29.9 Å². The maximum atomic E-state index is 5.75. The number of aliphatic imine (C=N–C) groups is 1. The molecule has 0 bridgehead atoms. The molecule has 3 rings (SSSR count). The van der Waals surface area contributed by atoms with E-state index in [1.807, 2.05) is 7.05 Å². The van der Waals surface area contributed by atoms with Gasteiger partial charge in [-0.1, -0.05) is 30.3 Å². The molecule has 5 nitrogen and oxygen atoms in total. The highest BCUT2D eigenvalue weighted by Crippen LogP contribution is 2.28. The van der Waals surface area contributed by atoms with Gasteiger partial charge in [0.1, 0.15) is 0 Å². The van der Waals surface area contributed by atoms with Gasteiger partial charge in [0.05, 0.1) is 6.61 Å². The average molecular weight is 500 g/mol. The van der Waals surface area contributed by atoms with E-state index in [9.17, 15) is 0 Å². The molecule has 1 heterocycles. The van der Waals surface area contributed by atoms with Crippen molar-refractivity contribution in [2.45, 2.75) is 38.8 Å². The Kier molecular flexibility index (Phi) is 10.0. The molecule has 0 aromatic heterocycles. The van der Waals surface area contributed by atoms with E-state index >= 15 is 0 Å². The van der Waals surface area contributed by atoms with Crippen LogP contribution in [-0.4, -0.2) is 68.7 Å². The summed E-state index contributed by atoms with van der Waals surface area (Å²) in [6.45, 7) is 8.11. The lowest BCUT2D eigenvalue weighted by Gasteiger charge is -2.23. The lowest BCUT2D eigenvalue weighted by Crippen LogP contribution is -2.42. The molecule has 6 heteroatoms. The van der Waals surface area contributed by atoms with Crippen molar-refractivity contribution in [3.8, 4) is 0 Å². The van der Waals surface area contributed by atoms with Gasteiger partial charge in [0.15, 0.2) is 5.96 Å². The zero-order chi connectivity index (χ0) is 19.1. The second-order valence-electron chi connectivity index (χ2n) is 8.23. The molecule has 158 valence electrons. The maximum absolute atomic E-state index is 5.75. The van der Waals surface area contributed by atoms with Crippen LogP contribution in [-0.2, 0) is 11.3 Å². The fourth-order valence-corrected chi connectivity index (χ4v) is 3.87. The zero-order valence-corrected chi connectivity index (χ0v) is 20.0. The Bertz CT molecular complexity index is 593. The molecule has 2 unspecified atom stereocenters. The lowest BCUT2D eigenvalue weighted by molar-refractivity contribution is 0.115. The van der Waals surface area contributed by atoms with E-state index in [2.05, 4.69) is 64.4 Å². The molecule has 1 aromatic carbocycles. The highest BCUT2D eigenvalue weighted by molar-refractivity contribution is 14.0. The standard InChI is InChI=1S/C22H36N4O.HI/c1-18-13-21(16-26(18)15-19-7-5-4-6-8-19)14-24-22(23-2)25(3)11-12-27-17-20-9-10-20;/h4-8,18,20-21H,9-17H2,1-3H3,(H,23,24);1H. The second-order valence-corrected chi connectivity index (χ2v) is 8.23. The molecule has 1 N–H and O–H groups in total. The van der Waals surface area contributed by atoms with Crippen LogP contribution in [0, 0.1) is 11.8 Å². The third-order valence-electron chi connectivity index (χ3n) is 5.76. The number of likely N-dealkylation sites (N-methyl/N-ethyl adjacent to an activating group) is 1. The minimum Gasteiger partial charge on any atom is -0.379 e. The van der Waals surface area contributed by atoms with E-state index in [1.165, 1.54) is 24.8 Å². The van der Waals surface area contributed by atoms with Gasteiger partial charge in [0.25, 0.3) is 0 Å². The third kappa shape index (κ3) is 7.52. The summed E-state index contributed by atoms with van der Waals surface area (Å²) in [5.74, 6) is 2.47. The van der Waals surface area contributed by atoms with E-state index in [-0.39, 0.29) is 24.0 Å². The van der Waals surface area contributed by atoms with E-state index in [1.54, 1.807) is 0 Å². The Morgan fingerprint density at radius 3 is 2.68 bits per heavy atom. The Balaban J connectivity index is 0.00000280. The normalized spacial score (nSPS) is 22.8. The van der Waals surface area contributed by atoms with Gasteiger partial charge in [-0.3, -0.25) is 9.89 Å². The van der Waals surface area contributed by atoms with Crippen LogP contribution in [0.1, 0.15) is 31.7 Å². The molecule has 0 spiro atoms. The summed E-state index contributed by atoms with van der Waals surface area (Å²) in [6.07, 6.45) is 3.94. The number of likely N-dealkylation sites (tertiary alicyclic amines) is 1. The Morgan fingerprint density at radius 2 is 2.00 bits per heavy atom. The summed E-state index contributed by atoms with van der Waals surface area (Å²) < 4.78 is 5.75. The van der Waals surface area contributed by atoms with E-state index in [4.69, 9.17) is 4.74 Å². The zero-order valence-electron chi connectivity index (χ0n) is 17.6. The van der Waals surface area contributed by atoms with Crippen LogP contribution >= 0.6 is 24.0 Å². The molecule has 0 radical (unpaired) electrons. The number of rotatable bonds is 9. The van der Waals surface area contributed by atoms with Crippen LogP contribution in [0.25, 0.3) is 0 Å². The highest BCUT2D eigenvalue weighted by atomic mass is 127. The molecule has 1 aromatic rings. The predicted molar refractivity (Wildman–Crippen MR) is 127 cm³/mol. The molecule has 2 fully saturated rings. The number of halogens is 1. The van der Waals surface area contributed by atoms with Crippen molar-refractivity contribution in [3.05, 3.63) is 35.9 Å². The molecule has 1 saturated carbocycles. The quantitative estimate of drug-likeness (QED) is 0.244. The van der Waals surface area contributed by atoms with E-state index in [0.29, 0.717) is 12.0 Å². The Hall–Kier alpha value is -0.860. The molecule has 1 saturated heterocycles. The van der Waals surface area contributed by atoms with Crippen LogP contribution in [0.4, 0.5) is 0 Å². The van der Waals surface area contributed by atoms with Gasteiger partial charge in [-0.05, 0) is 43.6 Å².